The van der Waals surface area contributed by atoms with E-state index in [1.165, 1.54) is 0 Å². The molecule has 0 atom stereocenters. The summed E-state index contributed by atoms with van der Waals surface area (Å²) < 4.78 is 0. The van der Waals surface area contributed by atoms with E-state index in [2.05, 4.69) is 0 Å². The minimum Gasteiger partial charge on any atom is -0.397 e. The topological polar surface area (TPSA) is 46.3 Å². The molecule has 0 saturated heterocycles. The van der Waals surface area contributed by atoms with Gasteiger partial charge in [-0.15, -0.1) is 0 Å². The van der Waals surface area contributed by atoms with Crippen LogP contribution in [0.2, 0.25) is 5.02 Å². The lowest BCUT2D eigenvalue weighted by molar-refractivity contribution is 0.0786. The van der Waals surface area contributed by atoms with Gasteiger partial charge < -0.3 is 10.6 Å². The van der Waals surface area contributed by atoms with Crippen molar-refractivity contribution in [3.05, 3.63) is 28.8 Å². The lowest BCUT2D eigenvalue weighted by atomic mass is 10.1. The summed E-state index contributed by atoms with van der Waals surface area (Å²) in [6.07, 6.45) is 2.17. The molecule has 0 heterocycles. The molecule has 0 spiro atoms. The molecule has 2 N–H and O–H groups in total. The van der Waals surface area contributed by atoms with Crippen molar-refractivity contribution in [2.75, 3.05) is 12.8 Å². The third-order valence-electron chi connectivity index (χ3n) is 2.70. The molecule has 0 bridgehead atoms. The van der Waals surface area contributed by atoms with Gasteiger partial charge in [0.25, 0.3) is 5.91 Å². The van der Waals surface area contributed by atoms with Gasteiger partial charge >= 0.3 is 0 Å². The summed E-state index contributed by atoms with van der Waals surface area (Å²) >= 11 is 5.86. The number of nitrogens with zero attached hydrogens (tertiary/aromatic N) is 1. The van der Waals surface area contributed by atoms with Gasteiger partial charge in [-0.05, 0) is 25.0 Å². The maximum absolute atomic E-state index is 12.0. The second-order valence-electron chi connectivity index (χ2n) is 3.85. The van der Waals surface area contributed by atoms with E-state index in [1.54, 1.807) is 30.1 Å². The fourth-order valence-corrected chi connectivity index (χ4v) is 1.72. The lowest BCUT2D eigenvalue weighted by Gasteiger charge is -2.17. The molecule has 1 aromatic carbocycles. The van der Waals surface area contributed by atoms with Crippen molar-refractivity contribution in [2.45, 2.75) is 18.9 Å². The van der Waals surface area contributed by atoms with E-state index >= 15 is 0 Å². The number of nitrogens with two attached hydrogens (primary N) is 1. The molecule has 0 aromatic heterocycles. The van der Waals surface area contributed by atoms with Gasteiger partial charge in [-0.2, -0.15) is 0 Å². The average molecular weight is 225 g/mol. The van der Waals surface area contributed by atoms with E-state index < -0.39 is 0 Å². The summed E-state index contributed by atoms with van der Waals surface area (Å²) in [5.41, 5.74) is 6.63. The number of hydrogen-bond acceptors (Lipinski definition) is 2. The van der Waals surface area contributed by atoms with Gasteiger partial charge in [0.15, 0.2) is 0 Å². The first-order valence-corrected chi connectivity index (χ1v) is 5.30. The molecule has 1 amide bonds. The Kier molecular flexibility index (Phi) is 2.57. The number of carbonyl (C=O) groups excluding carboxylic acids is 1. The molecule has 1 aliphatic carbocycles. The zero-order valence-corrected chi connectivity index (χ0v) is 9.29. The number of benzene rings is 1. The Labute approximate surface area is 93.8 Å². The van der Waals surface area contributed by atoms with E-state index in [0.29, 0.717) is 22.3 Å². The first kappa shape index (κ1) is 10.3. The van der Waals surface area contributed by atoms with Crippen molar-refractivity contribution in [1.29, 1.82) is 0 Å². The van der Waals surface area contributed by atoms with Crippen molar-refractivity contribution in [2.24, 2.45) is 0 Å². The highest BCUT2D eigenvalue weighted by Crippen LogP contribution is 2.29. The predicted molar refractivity (Wildman–Crippen MR) is 61.0 cm³/mol. The van der Waals surface area contributed by atoms with Crippen LogP contribution in [-0.4, -0.2) is 23.9 Å². The van der Waals surface area contributed by atoms with Crippen LogP contribution in [0.25, 0.3) is 0 Å². The van der Waals surface area contributed by atoms with Crippen molar-refractivity contribution < 1.29 is 4.79 Å². The highest BCUT2D eigenvalue weighted by atomic mass is 35.5. The van der Waals surface area contributed by atoms with Crippen molar-refractivity contribution >= 4 is 23.2 Å². The summed E-state index contributed by atoms with van der Waals surface area (Å²) in [7, 11) is 1.81. The number of amides is 1. The highest BCUT2D eigenvalue weighted by molar-refractivity contribution is 6.33. The quantitative estimate of drug-likeness (QED) is 0.783. The SMILES string of the molecule is CN(C(=O)c1cccc(Cl)c1N)C1CC1. The molecule has 1 saturated carbocycles. The van der Waals surface area contributed by atoms with E-state index in [4.69, 9.17) is 17.3 Å². The Morgan fingerprint density at radius 3 is 2.80 bits per heavy atom. The second-order valence-corrected chi connectivity index (χ2v) is 4.26. The van der Waals surface area contributed by atoms with Crippen LogP contribution in [0.1, 0.15) is 23.2 Å². The number of halogens is 1. The van der Waals surface area contributed by atoms with Crippen molar-refractivity contribution in [3.8, 4) is 0 Å². The third kappa shape index (κ3) is 1.92. The standard InChI is InChI=1S/C11H13ClN2O/c1-14(7-5-6-7)11(15)8-3-2-4-9(12)10(8)13/h2-4,7H,5-6,13H2,1H3. The third-order valence-corrected chi connectivity index (χ3v) is 3.03. The Balaban J connectivity index is 2.28. The molecule has 15 heavy (non-hydrogen) atoms. The number of hydrogen-bond donors (Lipinski definition) is 1. The Morgan fingerprint density at radius 2 is 2.20 bits per heavy atom. The van der Waals surface area contributed by atoms with E-state index in [1.807, 2.05) is 0 Å². The van der Waals surface area contributed by atoms with Crippen LogP contribution in [0.15, 0.2) is 18.2 Å². The van der Waals surface area contributed by atoms with Gasteiger partial charge in [0, 0.05) is 13.1 Å². The molecule has 1 aromatic rings. The Bertz CT molecular complexity index is 402. The van der Waals surface area contributed by atoms with Gasteiger partial charge in [-0.3, -0.25) is 4.79 Å². The minimum absolute atomic E-state index is 0.0440. The molecule has 0 aliphatic heterocycles. The maximum atomic E-state index is 12.0. The van der Waals surface area contributed by atoms with E-state index in [9.17, 15) is 4.79 Å². The average Bonchev–Trinajstić information content (AvgIpc) is 3.03. The Hall–Kier alpha value is -1.22. The molecule has 0 radical (unpaired) electrons. The van der Waals surface area contributed by atoms with Crippen LogP contribution in [0.4, 0.5) is 5.69 Å². The van der Waals surface area contributed by atoms with Crippen LogP contribution >= 0.6 is 11.6 Å². The molecule has 80 valence electrons. The fourth-order valence-electron chi connectivity index (χ4n) is 1.54. The molecule has 3 nitrogen and oxygen atoms in total. The summed E-state index contributed by atoms with van der Waals surface area (Å²) in [5, 5.41) is 0.435. The zero-order chi connectivity index (χ0) is 11.0. The van der Waals surface area contributed by atoms with Crippen molar-refractivity contribution in [3.63, 3.8) is 0 Å². The molecule has 2 rings (SSSR count). The van der Waals surface area contributed by atoms with Crippen LogP contribution in [0.5, 0.6) is 0 Å². The second kappa shape index (κ2) is 3.74. The lowest BCUT2D eigenvalue weighted by Crippen LogP contribution is -2.29. The number of para-hydroxylation sites is 1. The van der Waals surface area contributed by atoms with E-state index in [-0.39, 0.29) is 5.91 Å². The molecular weight excluding hydrogens is 212 g/mol. The smallest absolute Gasteiger partial charge is 0.255 e. The predicted octanol–water partition coefficient (Wildman–Crippen LogP) is 2.16. The molecular formula is C11H13ClN2O. The molecule has 0 unspecified atom stereocenters. The number of carbonyl (C=O) groups is 1. The van der Waals surface area contributed by atoms with Gasteiger partial charge in [0.1, 0.15) is 0 Å². The van der Waals surface area contributed by atoms with Gasteiger partial charge in [0.2, 0.25) is 0 Å². The van der Waals surface area contributed by atoms with Crippen LogP contribution < -0.4 is 5.73 Å². The fraction of sp³-hybridized carbons (Fsp3) is 0.364. The summed E-state index contributed by atoms with van der Waals surface area (Å²) in [6, 6.07) is 5.52. The summed E-state index contributed by atoms with van der Waals surface area (Å²) in [4.78, 5) is 13.7. The summed E-state index contributed by atoms with van der Waals surface area (Å²) in [6.45, 7) is 0. The number of anilines is 1. The number of rotatable bonds is 2. The minimum atomic E-state index is -0.0440. The maximum Gasteiger partial charge on any atom is 0.255 e. The van der Waals surface area contributed by atoms with Gasteiger partial charge in [-0.1, -0.05) is 17.7 Å². The van der Waals surface area contributed by atoms with E-state index in [0.717, 1.165) is 12.8 Å². The zero-order valence-electron chi connectivity index (χ0n) is 8.53. The number of nitrogen functional groups attached to an aromatic ring is 1. The normalized spacial score (nSPS) is 15.1. The van der Waals surface area contributed by atoms with Crippen molar-refractivity contribution in [1.82, 2.24) is 4.90 Å². The van der Waals surface area contributed by atoms with Crippen LogP contribution in [0.3, 0.4) is 0 Å². The van der Waals surface area contributed by atoms with Crippen LogP contribution in [0, 0.1) is 0 Å². The van der Waals surface area contributed by atoms with Gasteiger partial charge in [-0.25, -0.2) is 0 Å². The first-order chi connectivity index (χ1) is 7.11. The first-order valence-electron chi connectivity index (χ1n) is 4.92. The Morgan fingerprint density at radius 1 is 1.53 bits per heavy atom. The largest absolute Gasteiger partial charge is 0.397 e. The molecule has 1 fully saturated rings. The molecule has 4 heteroatoms. The van der Waals surface area contributed by atoms with Crippen LogP contribution in [-0.2, 0) is 0 Å². The summed E-state index contributed by atoms with van der Waals surface area (Å²) in [5.74, 6) is -0.0440. The highest BCUT2D eigenvalue weighted by Gasteiger charge is 2.30. The monoisotopic (exact) mass is 224 g/mol. The molecule has 1 aliphatic rings. The van der Waals surface area contributed by atoms with Gasteiger partial charge in [0.05, 0.1) is 16.3 Å².